The van der Waals surface area contributed by atoms with Crippen molar-refractivity contribution in [3.63, 3.8) is 0 Å². The number of rotatable bonds is 8. The summed E-state index contributed by atoms with van der Waals surface area (Å²) in [4.78, 5) is 18.4. The zero-order valence-corrected chi connectivity index (χ0v) is 25.5. The minimum Gasteiger partial charge on any atom is -0.495 e. The highest BCUT2D eigenvalue weighted by Gasteiger charge is 2.48. The van der Waals surface area contributed by atoms with Crippen molar-refractivity contribution in [2.75, 3.05) is 33.3 Å². The Bertz CT molecular complexity index is 1690. The van der Waals surface area contributed by atoms with Gasteiger partial charge in [-0.25, -0.2) is 4.68 Å². The Morgan fingerprint density at radius 1 is 0.841 bits per heavy atom. The fourth-order valence-corrected chi connectivity index (χ4v) is 6.80. The molecule has 0 bridgehead atoms. The van der Waals surface area contributed by atoms with Crippen molar-refractivity contribution in [2.45, 2.75) is 18.4 Å². The van der Waals surface area contributed by atoms with Crippen molar-refractivity contribution in [3.8, 4) is 22.7 Å². The fourth-order valence-electron chi connectivity index (χ4n) is 6.54. The highest BCUT2D eigenvalue weighted by atomic mass is 35.5. The van der Waals surface area contributed by atoms with E-state index in [4.69, 9.17) is 21.4 Å². The van der Waals surface area contributed by atoms with E-state index in [1.54, 1.807) is 7.11 Å². The van der Waals surface area contributed by atoms with E-state index in [0.29, 0.717) is 10.8 Å². The average molecular weight is 603 g/mol. The zero-order valence-electron chi connectivity index (χ0n) is 24.7. The molecule has 44 heavy (non-hydrogen) atoms. The van der Waals surface area contributed by atoms with Crippen molar-refractivity contribution in [1.29, 1.82) is 0 Å². The van der Waals surface area contributed by atoms with E-state index in [1.807, 2.05) is 53.2 Å². The third kappa shape index (κ3) is 5.63. The number of nitrogens with zero attached hydrogens (tertiary/aromatic N) is 4. The number of carbonyl (C=O) groups is 1. The summed E-state index contributed by atoms with van der Waals surface area (Å²) in [6.07, 6.45) is 2.91. The maximum absolute atomic E-state index is 13.9. The first-order valence-corrected chi connectivity index (χ1v) is 15.6. The van der Waals surface area contributed by atoms with Crippen LogP contribution in [0.3, 0.4) is 0 Å². The molecule has 1 amide bonds. The first-order valence-electron chi connectivity index (χ1n) is 15.2. The Kier molecular flexibility index (Phi) is 7.94. The van der Waals surface area contributed by atoms with Crippen LogP contribution >= 0.6 is 11.6 Å². The third-order valence-electron chi connectivity index (χ3n) is 8.92. The number of carbonyl (C=O) groups excluding carboxylic acids is 1. The maximum Gasteiger partial charge on any atom is 0.226 e. The van der Waals surface area contributed by atoms with E-state index in [0.717, 1.165) is 55.1 Å². The molecule has 4 aromatic carbocycles. The molecule has 5 aromatic rings. The Hall–Kier alpha value is -4.39. The average Bonchev–Trinajstić information content (AvgIpc) is 3.75. The lowest BCUT2D eigenvalue weighted by Crippen LogP contribution is -2.50. The fraction of sp³-hybridized carbons (Fsp3) is 0.243. The van der Waals surface area contributed by atoms with E-state index in [-0.39, 0.29) is 23.8 Å². The first-order chi connectivity index (χ1) is 21.6. The number of hydrogen-bond donors (Lipinski definition) is 0. The number of methoxy groups -OCH3 is 1. The van der Waals surface area contributed by atoms with Crippen LogP contribution in [-0.2, 0) is 4.79 Å². The molecular formula is C37H35ClN4O2. The van der Waals surface area contributed by atoms with Gasteiger partial charge < -0.3 is 9.64 Å². The number of ether oxygens (including phenoxy) is 1. The Morgan fingerprint density at radius 3 is 2.05 bits per heavy atom. The lowest BCUT2D eigenvalue weighted by molar-refractivity contribution is -0.134. The van der Waals surface area contributed by atoms with Crippen LogP contribution in [0, 0.1) is 5.92 Å². The molecule has 1 aliphatic carbocycles. The number of aromatic nitrogens is 2. The molecular weight excluding hydrogens is 568 g/mol. The van der Waals surface area contributed by atoms with E-state index in [2.05, 4.69) is 76.7 Å². The van der Waals surface area contributed by atoms with Gasteiger partial charge in [-0.15, -0.1) is 0 Å². The highest BCUT2D eigenvalue weighted by molar-refractivity contribution is 6.32. The van der Waals surface area contributed by atoms with Crippen molar-refractivity contribution in [1.82, 2.24) is 19.6 Å². The molecule has 7 rings (SSSR count). The monoisotopic (exact) mass is 602 g/mol. The number of piperazine rings is 1. The third-order valence-corrected chi connectivity index (χ3v) is 9.21. The van der Waals surface area contributed by atoms with Crippen molar-refractivity contribution < 1.29 is 9.53 Å². The van der Waals surface area contributed by atoms with E-state index < -0.39 is 0 Å². The highest BCUT2D eigenvalue weighted by Crippen LogP contribution is 2.51. The standard InChI is InChI=1S/C37H35ClN4O2/c1-44-34-18-17-28(23-33(34)38)35-32(25-42(39-35)29-15-9-4-10-16-29)30-24-31(30)37(43)41-21-19-40(20-22-41)36(26-11-5-2-6-12-26)27-13-7-3-8-14-27/h2-18,23,25,30-31,36H,19-22,24H2,1H3. The summed E-state index contributed by atoms with van der Waals surface area (Å²) in [5.74, 6) is 0.952. The van der Waals surface area contributed by atoms with E-state index >= 15 is 0 Å². The quantitative estimate of drug-likeness (QED) is 0.188. The number of halogens is 1. The number of benzene rings is 4. The summed E-state index contributed by atoms with van der Waals surface area (Å²) in [7, 11) is 1.61. The molecule has 2 atom stereocenters. The Balaban J connectivity index is 1.09. The second-order valence-electron chi connectivity index (χ2n) is 11.6. The lowest BCUT2D eigenvalue weighted by atomic mass is 9.96. The Labute approximate surface area is 263 Å². The van der Waals surface area contributed by atoms with Gasteiger partial charge in [0.1, 0.15) is 5.75 Å². The molecule has 1 saturated carbocycles. The topological polar surface area (TPSA) is 50.6 Å². The Morgan fingerprint density at radius 2 is 1.45 bits per heavy atom. The molecule has 2 aliphatic rings. The molecule has 1 aromatic heterocycles. The van der Waals surface area contributed by atoms with Crippen LogP contribution in [0.2, 0.25) is 5.02 Å². The number of amides is 1. The molecule has 1 saturated heterocycles. The molecule has 7 heteroatoms. The van der Waals surface area contributed by atoms with Crippen LogP contribution in [0.4, 0.5) is 0 Å². The molecule has 0 spiro atoms. The van der Waals surface area contributed by atoms with Gasteiger partial charge in [0, 0.05) is 55.3 Å². The van der Waals surface area contributed by atoms with Gasteiger partial charge in [0.25, 0.3) is 0 Å². The van der Waals surface area contributed by atoms with Crippen molar-refractivity contribution >= 4 is 17.5 Å². The SMILES string of the molecule is COc1ccc(-c2nn(-c3ccccc3)cc2C2CC2C(=O)N2CCN(C(c3ccccc3)c3ccccc3)CC2)cc1Cl. The summed E-state index contributed by atoms with van der Waals surface area (Å²) < 4.78 is 7.29. The van der Waals surface area contributed by atoms with Gasteiger partial charge in [0.2, 0.25) is 5.91 Å². The van der Waals surface area contributed by atoms with Gasteiger partial charge in [-0.1, -0.05) is 90.5 Å². The molecule has 1 aliphatic heterocycles. The molecule has 0 N–H and O–H groups in total. The van der Waals surface area contributed by atoms with Gasteiger partial charge in [-0.3, -0.25) is 9.69 Å². The first kappa shape index (κ1) is 28.4. The van der Waals surface area contributed by atoms with Crippen LogP contribution in [0.5, 0.6) is 5.75 Å². The van der Waals surface area contributed by atoms with Crippen molar-refractivity contribution in [2.24, 2.45) is 5.92 Å². The predicted molar refractivity (Wildman–Crippen MR) is 174 cm³/mol. The van der Waals surface area contributed by atoms with Gasteiger partial charge >= 0.3 is 0 Å². The largest absolute Gasteiger partial charge is 0.495 e. The second-order valence-corrected chi connectivity index (χ2v) is 12.0. The minimum absolute atomic E-state index is 0.0403. The number of para-hydroxylation sites is 1. The smallest absolute Gasteiger partial charge is 0.226 e. The maximum atomic E-state index is 13.9. The van der Waals surface area contributed by atoms with Gasteiger partial charge in [0.15, 0.2) is 0 Å². The summed E-state index contributed by atoms with van der Waals surface area (Å²) >= 11 is 6.52. The molecule has 2 unspecified atom stereocenters. The normalized spacial score (nSPS) is 18.4. The molecule has 222 valence electrons. The summed E-state index contributed by atoms with van der Waals surface area (Å²) in [6, 6.07) is 37.3. The molecule has 2 heterocycles. The minimum atomic E-state index is -0.0403. The van der Waals surface area contributed by atoms with Gasteiger partial charge in [-0.2, -0.15) is 5.10 Å². The summed E-state index contributed by atoms with van der Waals surface area (Å²) in [5, 5.41) is 5.53. The van der Waals surface area contributed by atoms with Crippen LogP contribution < -0.4 is 4.74 Å². The van der Waals surface area contributed by atoms with Crippen molar-refractivity contribution in [3.05, 3.63) is 137 Å². The molecule has 2 fully saturated rings. The van der Waals surface area contributed by atoms with E-state index in [1.165, 1.54) is 11.1 Å². The number of hydrogen-bond acceptors (Lipinski definition) is 4. The summed E-state index contributed by atoms with van der Waals surface area (Å²) in [5.41, 5.74) is 6.40. The van der Waals surface area contributed by atoms with E-state index in [9.17, 15) is 4.79 Å². The zero-order chi connectivity index (χ0) is 30.0. The lowest BCUT2D eigenvalue weighted by Gasteiger charge is -2.40. The second kappa shape index (κ2) is 12.3. The van der Waals surface area contributed by atoms with Crippen LogP contribution in [0.1, 0.15) is 35.1 Å². The van der Waals surface area contributed by atoms with Crippen LogP contribution in [0.25, 0.3) is 16.9 Å². The van der Waals surface area contributed by atoms with Gasteiger partial charge in [0.05, 0.1) is 29.6 Å². The van der Waals surface area contributed by atoms with Crippen LogP contribution in [0.15, 0.2) is 115 Å². The molecule has 0 radical (unpaired) electrons. The predicted octanol–water partition coefficient (Wildman–Crippen LogP) is 7.24. The summed E-state index contributed by atoms with van der Waals surface area (Å²) in [6.45, 7) is 3.11. The molecule has 6 nitrogen and oxygen atoms in total. The van der Waals surface area contributed by atoms with Crippen LogP contribution in [-0.4, -0.2) is 58.8 Å². The van der Waals surface area contributed by atoms with Gasteiger partial charge in [-0.05, 0) is 47.9 Å².